The van der Waals surface area contributed by atoms with Crippen LogP contribution in [0.15, 0.2) is 47.8 Å². The molecule has 0 amide bonds. The molecule has 0 aliphatic carbocycles. The monoisotopic (exact) mass is 448 g/mol. The molecule has 2 aromatic heterocycles. The van der Waals surface area contributed by atoms with Crippen LogP contribution in [0.2, 0.25) is 0 Å². The molecule has 0 saturated carbocycles. The number of hydrogen-bond acceptors (Lipinski definition) is 9. The normalized spacial score (nSPS) is 24.1. The first-order valence-corrected chi connectivity index (χ1v) is 11.0. The number of ether oxygens (including phenoxy) is 3. The summed E-state index contributed by atoms with van der Waals surface area (Å²) in [6.07, 6.45) is 0.731. The highest BCUT2D eigenvalue weighted by atomic mass is 32.2. The van der Waals surface area contributed by atoms with Crippen molar-refractivity contribution in [3.63, 3.8) is 0 Å². The van der Waals surface area contributed by atoms with Gasteiger partial charge >= 0.3 is 0 Å². The summed E-state index contributed by atoms with van der Waals surface area (Å²) in [5.41, 5.74) is 8.11. The van der Waals surface area contributed by atoms with Crippen LogP contribution in [0.1, 0.15) is 11.8 Å². The summed E-state index contributed by atoms with van der Waals surface area (Å²) < 4.78 is 49.6. The number of nitrogen functional groups attached to an aromatic ring is 1. The Morgan fingerprint density at radius 3 is 2.48 bits per heavy atom. The van der Waals surface area contributed by atoms with E-state index in [1.165, 1.54) is 26.4 Å². The maximum atomic E-state index is 12.6. The molecule has 4 atom stereocenters. The lowest BCUT2D eigenvalue weighted by Gasteiger charge is -2.22. The minimum absolute atomic E-state index is 0.0773. The van der Waals surface area contributed by atoms with Crippen LogP contribution in [0.3, 0.4) is 0 Å². The number of methoxy groups -OCH3 is 2. The Morgan fingerprint density at radius 1 is 1.10 bits per heavy atom. The van der Waals surface area contributed by atoms with E-state index in [4.69, 9.17) is 24.1 Å². The highest BCUT2D eigenvalue weighted by molar-refractivity contribution is 7.86. The van der Waals surface area contributed by atoms with E-state index in [1.807, 2.05) is 6.92 Å². The Kier molecular flexibility index (Phi) is 5.95. The van der Waals surface area contributed by atoms with Gasteiger partial charge in [0.15, 0.2) is 12.0 Å². The Bertz CT molecular complexity index is 1160. The molecule has 166 valence electrons. The van der Waals surface area contributed by atoms with Crippen LogP contribution in [0.5, 0.6) is 0 Å². The Hall–Kier alpha value is -2.57. The zero-order chi connectivity index (χ0) is 22.2. The van der Waals surface area contributed by atoms with Crippen molar-refractivity contribution in [3.8, 4) is 0 Å². The largest absolute Gasteiger partial charge is 0.382 e. The zero-order valence-corrected chi connectivity index (χ0v) is 18.2. The highest BCUT2D eigenvalue weighted by Crippen LogP contribution is 2.36. The molecule has 3 heterocycles. The van der Waals surface area contributed by atoms with Crippen LogP contribution in [-0.4, -0.2) is 62.1 Å². The molecule has 1 unspecified atom stereocenters. The van der Waals surface area contributed by atoms with Gasteiger partial charge in [0.1, 0.15) is 23.8 Å². The van der Waals surface area contributed by atoms with E-state index < -0.39 is 34.7 Å². The van der Waals surface area contributed by atoms with Crippen molar-refractivity contribution in [2.24, 2.45) is 0 Å². The molecule has 4 rings (SSSR count). The fourth-order valence-electron chi connectivity index (χ4n) is 3.72. The SMILES string of the molecule is COC1[C@@H](COS(=O)(=O)c2ccc(C)cc2)O[C@@H](n2cnc3c(N)nccc32)[C@H]1OC. The first-order chi connectivity index (χ1) is 14.9. The number of aryl methyl sites for hydroxylation is 1. The van der Waals surface area contributed by atoms with Gasteiger partial charge in [0.2, 0.25) is 0 Å². The Balaban J connectivity index is 1.57. The van der Waals surface area contributed by atoms with Gasteiger partial charge in [0, 0.05) is 20.4 Å². The number of nitrogens with two attached hydrogens (primary N) is 1. The minimum atomic E-state index is -3.95. The standard InChI is InChI=1S/C20H24N4O6S/c1-12-4-6-13(7-5-12)31(25,26)29-10-15-17(27-2)18(28-3)20(30-15)24-11-23-16-14(24)8-9-22-19(16)21/h4-9,11,15,17-18,20H,10H2,1-3H3,(H2,21,22)/t15-,17?,18+,20-/m1/s1. The van der Waals surface area contributed by atoms with Gasteiger partial charge in [-0.15, -0.1) is 0 Å². The van der Waals surface area contributed by atoms with Gasteiger partial charge in [-0.05, 0) is 25.1 Å². The van der Waals surface area contributed by atoms with Gasteiger partial charge in [-0.2, -0.15) is 8.42 Å². The third kappa shape index (κ3) is 4.02. The van der Waals surface area contributed by atoms with Crippen LogP contribution < -0.4 is 5.73 Å². The van der Waals surface area contributed by atoms with E-state index in [0.717, 1.165) is 5.56 Å². The van der Waals surface area contributed by atoms with Crippen molar-refractivity contribution in [3.05, 3.63) is 48.4 Å². The van der Waals surface area contributed by atoms with Gasteiger partial charge in [-0.3, -0.25) is 4.18 Å². The summed E-state index contributed by atoms with van der Waals surface area (Å²) in [4.78, 5) is 8.43. The smallest absolute Gasteiger partial charge is 0.297 e. The number of anilines is 1. The molecule has 3 aromatic rings. The molecule has 2 N–H and O–H groups in total. The number of fused-ring (bicyclic) bond motifs is 1. The highest BCUT2D eigenvalue weighted by Gasteiger charge is 2.47. The van der Waals surface area contributed by atoms with Crippen molar-refractivity contribution >= 4 is 27.0 Å². The molecule has 1 aliphatic heterocycles. The Morgan fingerprint density at radius 2 is 1.81 bits per heavy atom. The summed E-state index contributed by atoms with van der Waals surface area (Å²) in [7, 11) is -0.904. The van der Waals surface area contributed by atoms with E-state index in [-0.39, 0.29) is 11.5 Å². The quantitative estimate of drug-likeness (QED) is 0.537. The van der Waals surface area contributed by atoms with E-state index in [2.05, 4.69) is 9.97 Å². The number of rotatable bonds is 7. The molecule has 11 heteroatoms. The summed E-state index contributed by atoms with van der Waals surface area (Å²) in [5.74, 6) is 0.301. The fourth-order valence-corrected chi connectivity index (χ4v) is 4.64. The second-order valence-corrected chi connectivity index (χ2v) is 8.85. The predicted octanol–water partition coefficient (Wildman–Crippen LogP) is 1.65. The molecule has 1 aliphatic rings. The third-order valence-corrected chi connectivity index (χ3v) is 6.62. The lowest BCUT2D eigenvalue weighted by Crippen LogP contribution is -2.37. The maximum Gasteiger partial charge on any atom is 0.297 e. The maximum absolute atomic E-state index is 12.6. The zero-order valence-electron chi connectivity index (χ0n) is 17.3. The molecule has 1 aromatic carbocycles. The average molecular weight is 449 g/mol. The molecule has 1 fully saturated rings. The first-order valence-electron chi connectivity index (χ1n) is 9.60. The van der Waals surface area contributed by atoms with Crippen molar-refractivity contribution in [1.82, 2.24) is 14.5 Å². The summed E-state index contributed by atoms with van der Waals surface area (Å²) in [6.45, 7) is 1.64. The number of imidazole rings is 1. The van der Waals surface area contributed by atoms with Gasteiger partial charge in [-0.25, -0.2) is 9.97 Å². The summed E-state index contributed by atoms with van der Waals surface area (Å²) in [6, 6.07) is 8.20. The number of hydrogen-bond donors (Lipinski definition) is 1. The lowest BCUT2D eigenvalue weighted by atomic mass is 10.1. The van der Waals surface area contributed by atoms with Gasteiger partial charge < -0.3 is 24.5 Å². The van der Waals surface area contributed by atoms with E-state index in [1.54, 1.807) is 35.3 Å². The number of pyridine rings is 1. The van der Waals surface area contributed by atoms with Crippen LogP contribution >= 0.6 is 0 Å². The van der Waals surface area contributed by atoms with Crippen LogP contribution in [-0.2, 0) is 28.5 Å². The van der Waals surface area contributed by atoms with Gasteiger partial charge in [-0.1, -0.05) is 17.7 Å². The summed E-state index contributed by atoms with van der Waals surface area (Å²) in [5, 5.41) is 0. The fraction of sp³-hybridized carbons (Fsp3) is 0.400. The summed E-state index contributed by atoms with van der Waals surface area (Å²) >= 11 is 0. The molecule has 1 saturated heterocycles. The van der Waals surface area contributed by atoms with Crippen molar-refractivity contribution in [2.45, 2.75) is 36.4 Å². The van der Waals surface area contributed by atoms with Crippen LogP contribution in [0.25, 0.3) is 11.0 Å². The average Bonchev–Trinajstić information content (AvgIpc) is 3.34. The van der Waals surface area contributed by atoms with Crippen LogP contribution in [0, 0.1) is 6.92 Å². The molecular formula is C20H24N4O6S. The lowest BCUT2D eigenvalue weighted by molar-refractivity contribution is -0.0554. The van der Waals surface area contributed by atoms with Crippen LogP contribution in [0.4, 0.5) is 5.82 Å². The molecule has 0 bridgehead atoms. The molecule has 10 nitrogen and oxygen atoms in total. The molecular weight excluding hydrogens is 424 g/mol. The van der Waals surface area contributed by atoms with Crippen molar-refractivity contribution in [2.75, 3.05) is 26.6 Å². The second kappa shape index (κ2) is 8.52. The van der Waals surface area contributed by atoms with Gasteiger partial charge in [0.05, 0.1) is 23.3 Å². The molecule has 0 spiro atoms. The first kappa shape index (κ1) is 21.7. The Labute approximate surface area is 180 Å². The minimum Gasteiger partial charge on any atom is -0.382 e. The molecule has 0 radical (unpaired) electrons. The van der Waals surface area contributed by atoms with Crippen molar-refractivity contribution in [1.29, 1.82) is 0 Å². The van der Waals surface area contributed by atoms with E-state index in [9.17, 15) is 8.42 Å². The topological polar surface area (TPSA) is 128 Å². The number of benzene rings is 1. The van der Waals surface area contributed by atoms with E-state index >= 15 is 0 Å². The predicted molar refractivity (Wildman–Crippen MR) is 112 cm³/mol. The van der Waals surface area contributed by atoms with E-state index in [0.29, 0.717) is 16.9 Å². The van der Waals surface area contributed by atoms with Gasteiger partial charge in [0.25, 0.3) is 10.1 Å². The number of nitrogens with zero attached hydrogens (tertiary/aromatic N) is 3. The molecule has 31 heavy (non-hydrogen) atoms. The van der Waals surface area contributed by atoms with Crippen molar-refractivity contribution < 1.29 is 26.8 Å². The second-order valence-electron chi connectivity index (χ2n) is 7.23. The number of aromatic nitrogens is 3. The third-order valence-electron chi connectivity index (χ3n) is 5.32.